The van der Waals surface area contributed by atoms with Gasteiger partial charge in [0.15, 0.2) is 11.6 Å². The minimum atomic E-state index is -0.342. The van der Waals surface area contributed by atoms with Gasteiger partial charge in [-0.1, -0.05) is 103 Å². The van der Waals surface area contributed by atoms with Gasteiger partial charge in [-0.05, 0) is 92.2 Å². The first-order valence-electron chi connectivity index (χ1n) is 16.7. The molecule has 0 N–H and O–H groups in total. The van der Waals surface area contributed by atoms with Crippen LogP contribution in [0.3, 0.4) is 0 Å². The molecular formula is C37H53FO3. The smallest absolute Gasteiger partial charge is 0.317 e. The fraction of sp³-hybridized carbons (Fsp3) is 0.649. The minimum absolute atomic E-state index is 0.0592. The number of fused-ring (bicyclic) bond motifs is 3. The van der Waals surface area contributed by atoms with E-state index in [1.807, 2.05) is 30.3 Å². The Hall–Kier alpha value is -2.36. The number of carbonyl (C=O) groups is 1. The van der Waals surface area contributed by atoms with Gasteiger partial charge in [-0.2, -0.15) is 0 Å². The van der Waals surface area contributed by atoms with Crippen molar-refractivity contribution in [1.82, 2.24) is 0 Å². The Morgan fingerprint density at radius 2 is 1.27 bits per heavy atom. The van der Waals surface area contributed by atoms with E-state index in [0.717, 1.165) is 43.2 Å². The molecule has 0 atom stereocenters. The number of carbonyl (C=O) groups excluding carboxylic acids is 1. The van der Waals surface area contributed by atoms with Crippen LogP contribution in [0.4, 0.5) is 4.39 Å². The highest BCUT2D eigenvalue weighted by Crippen LogP contribution is 2.59. The van der Waals surface area contributed by atoms with Gasteiger partial charge in [0.2, 0.25) is 0 Å². The molecule has 4 heteroatoms. The zero-order chi connectivity index (χ0) is 29.0. The maximum absolute atomic E-state index is 14.7. The summed E-state index contributed by atoms with van der Waals surface area (Å²) in [5, 5.41) is 0. The summed E-state index contributed by atoms with van der Waals surface area (Å²) in [6, 6.07) is 12.6. The topological polar surface area (TPSA) is 35.5 Å². The van der Waals surface area contributed by atoms with Gasteiger partial charge in [0.25, 0.3) is 0 Å². The van der Waals surface area contributed by atoms with Crippen molar-refractivity contribution >= 4 is 5.97 Å². The van der Waals surface area contributed by atoms with Crippen molar-refractivity contribution in [2.24, 2.45) is 10.8 Å². The quantitative estimate of drug-likeness (QED) is 0.103. The minimum Gasteiger partial charge on any atom is -0.491 e. The number of esters is 1. The van der Waals surface area contributed by atoms with Gasteiger partial charge in [-0.25, -0.2) is 4.39 Å². The fourth-order valence-corrected chi connectivity index (χ4v) is 7.02. The zero-order valence-corrected chi connectivity index (χ0v) is 25.8. The molecule has 0 heterocycles. The lowest BCUT2D eigenvalue weighted by Gasteiger charge is -2.52. The van der Waals surface area contributed by atoms with Crippen LogP contribution in [0.25, 0.3) is 11.1 Å². The molecule has 3 aliphatic rings. The van der Waals surface area contributed by atoms with E-state index in [2.05, 4.69) is 13.8 Å². The van der Waals surface area contributed by atoms with E-state index in [1.54, 1.807) is 6.07 Å². The van der Waals surface area contributed by atoms with Gasteiger partial charge in [-0.15, -0.1) is 0 Å². The van der Waals surface area contributed by atoms with Crippen LogP contribution in [-0.2, 0) is 4.79 Å². The van der Waals surface area contributed by atoms with Crippen molar-refractivity contribution < 1.29 is 18.7 Å². The molecule has 0 spiro atoms. The molecule has 226 valence electrons. The largest absolute Gasteiger partial charge is 0.491 e. The highest BCUT2D eigenvalue weighted by Gasteiger charge is 2.52. The molecule has 0 saturated heterocycles. The second kappa shape index (κ2) is 15.8. The summed E-state index contributed by atoms with van der Waals surface area (Å²) >= 11 is 0. The second-order valence-corrected chi connectivity index (χ2v) is 13.0. The fourth-order valence-electron chi connectivity index (χ4n) is 7.02. The van der Waals surface area contributed by atoms with Crippen LogP contribution in [0.2, 0.25) is 0 Å². The maximum atomic E-state index is 14.7. The molecule has 41 heavy (non-hydrogen) atoms. The molecule has 2 bridgehead atoms. The molecule has 5 rings (SSSR count). The van der Waals surface area contributed by atoms with Crippen molar-refractivity contribution in [2.45, 2.75) is 136 Å². The van der Waals surface area contributed by atoms with Gasteiger partial charge in [0.05, 0.1) is 12.0 Å². The molecule has 3 saturated carbocycles. The Morgan fingerprint density at radius 3 is 1.88 bits per heavy atom. The Labute approximate surface area is 248 Å². The number of ether oxygens (including phenoxy) is 2. The first kappa shape index (κ1) is 31.6. The second-order valence-electron chi connectivity index (χ2n) is 13.0. The van der Waals surface area contributed by atoms with Crippen molar-refractivity contribution in [2.75, 3.05) is 6.61 Å². The summed E-state index contributed by atoms with van der Waals surface area (Å²) in [6.07, 6.45) is 22.9. The van der Waals surface area contributed by atoms with E-state index in [0.29, 0.717) is 23.5 Å². The molecule has 3 aliphatic carbocycles. The van der Waals surface area contributed by atoms with Crippen LogP contribution in [-0.4, -0.2) is 12.6 Å². The number of benzene rings is 2. The van der Waals surface area contributed by atoms with Crippen molar-refractivity contribution in [3.8, 4) is 22.6 Å². The molecule has 0 aliphatic heterocycles. The third-order valence-electron chi connectivity index (χ3n) is 9.98. The lowest BCUT2D eigenvalue weighted by atomic mass is 9.52. The number of unbranched alkanes of at least 4 members (excludes halogenated alkanes) is 10. The van der Waals surface area contributed by atoms with E-state index in [4.69, 9.17) is 9.47 Å². The monoisotopic (exact) mass is 564 g/mol. The molecule has 3 fully saturated rings. The van der Waals surface area contributed by atoms with E-state index in [9.17, 15) is 9.18 Å². The predicted octanol–water partition coefficient (Wildman–Crippen LogP) is 11.2. The van der Waals surface area contributed by atoms with Crippen LogP contribution in [0.5, 0.6) is 11.5 Å². The number of halogens is 1. The number of hydrogen-bond acceptors (Lipinski definition) is 3. The van der Waals surface area contributed by atoms with E-state index < -0.39 is 0 Å². The first-order valence-corrected chi connectivity index (χ1v) is 16.7. The summed E-state index contributed by atoms with van der Waals surface area (Å²) in [5.41, 5.74) is 1.83. The molecule has 0 amide bonds. The Bertz CT molecular complexity index is 1050. The Kier molecular flexibility index (Phi) is 12.1. The van der Waals surface area contributed by atoms with Gasteiger partial charge in [0.1, 0.15) is 5.75 Å². The summed E-state index contributed by atoms with van der Waals surface area (Å²) in [4.78, 5) is 13.3. The molecule has 3 nitrogen and oxygen atoms in total. The first-order chi connectivity index (χ1) is 20.0. The van der Waals surface area contributed by atoms with Crippen LogP contribution in [0, 0.1) is 16.6 Å². The zero-order valence-electron chi connectivity index (χ0n) is 25.8. The average Bonchev–Trinajstić information content (AvgIpc) is 3.00. The van der Waals surface area contributed by atoms with Crippen molar-refractivity contribution in [1.29, 1.82) is 0 Å². The van der Waals surface area contributed by atoms with Gasteiger partial charge >= 0.3 is 5.97 Å². The van der Waals surface area contributed by atoms with E-state index >= 15 is 0 Å². The van der Waals surface area contributed by atoms with Crippen molar-refractivity contribution in [3.63, 3.8) is 0 Å². The third kappa shape index (κ3) is 8.82. The number of hydrogen-bond donors (Lipinski definition) is 0. The van der Waals surface area contributed by atoms with Gasteiger partial charge in [0, 0.05) is 0 Å². The molecule has 0 unspecified atom stereocenters. The predicted molar refractivity (Wildman–Crippen MR) is 167 cm³/mol. The normalized spacial score (nSPS) is 21.6. The molecule has 0 aromatic heterocycles. The highest BCUT2D eigenvalue weighted by molar-refractivity contribution is 5.80. The summed E-state index contributed by atoms with van der Waals surface area (Å²) in [7, 11) is 0. The highest BCUT2D eigenvalue weighted by atomic mass is 19.1. The third-order valence-corrected chi connectivity index (χ3v) is 9.98. The van der Waals surface area contributed by atoms with Crippen molar-refractivity contribution in [3.05, 3.63) is 48.3 Å². The Balaban J connectivity index is 1.22. The number of rotatable bonds is 18. The molecule has 2 aromatic rings. The van der Waals surface area contributed by atoms with Crippen LogP contribution in [0.15, 0.2) is 42.5 Å². The van der Waals surface area contributed by atoms with E-state index in [-0.39, 0.29) is 17.2 Å². The lowest BCUT2D eigenvalue weighted by Crippen LogP contribution is -2.47. The van der Waals surface area contributed by atoms with Crippen LogP contribution >= 0.6 is 0 Å². The van der Waals surface area contributed by atoms with Crippen LogP contribution < -0.4 is 9.47 Å². The maximum Gasteiger partial charge on any atom is 0.317 e. The average molecular weight is 565 g/mol. The molecular weight excluding hydrogens is 511 g/mol. The summed E-state index contributed by atoms with van der Waals surface area (Å²) in [6.45, 7) is 5.03. The van der Waals surface area contributed by atoms with Gasteiger partial charge < -0.3 is 9.47 Å². The summed E-state index contributed by atoms with van der Waals surface area (Å²) < 4.78 is 26.3. The Morgan fingerprint density at radius 1 is 0.707 bits per heavy atom. The summed E-state index contributed by atoms with van der Waals surface area (Å²) in [5.74, 6) is 0.478. The van der Waals surface area contributed by atoms with Gasteiger partial charge in [-0.3, -0.25) is 4.79 Å². The molecule has 2 aromatic carbocycles. The standard InChI is InChI=1S/C37H53FO3/c1-3-5-7-9-11-13-21-36-22-25-37(26-23-36,27-24-36)35(39)41-32-18-15-30(16-19-32)31-17-20-34(33(38)29-31)40-28-14-12-10-8-6-4-2/h15-20,29H,3-14,21-28H2,1-2H3. The molecule has 0 radical (unpaired) electrons. The SMILES string of the molecule is CCCCCCCCOc1ccc(-c2ccc(OC(=O)C34CCC(CCCCCCCC)(CC3)CC4)cc2)cc1F. The lowest BCUT2D eigenvalue weighted by molar-refractivity contribution is -0.156. The van der Waals surface area contributed by atoms with Crippen LogP contribution in [0.1, 0.15) is 136 Å². The van der Waals surface area contributed by atoms with E-state index in [1.165, 1.54) is 96.0 Å².